The Morgan fingerprint density at radius 1 is 1.09 bits per heavy atom. The SMILES string of the molecule is C=C(C(=O)Nc1ccc(-c2cc(C(=O)NCCCOC(=O)[C@H](C)N)n(C)c2)cc1)N(C)/C=C(\C)NC(=O)CCCOc1cc2c(cc1OC)C(=O)N1CCCC1C=N2. The van der Waals surface area contributed by atoms with Gasteiger partial charge < -0.3 is 50.3 Å². The van der Waals surface area contributed by atoms with E-state index in [1.807, 2.05) is 29.4 Å². The van der Waals surface area contributed by atoms with Crippen LogP contribution in [0.15, 0.2) is 77.8 Å². The highest BCUT2D eigenvalue weighted by Crippen LogP contribution is 2.38. The summed E-state index contributed by atoms with van der Waals surface area (Å²) in [6.45, 7) is 8.60. The lowest BCUT2D eigenvalue weighted by molar-refractivity contribution is -0.144. The zero-order valence-electron chi connectivity index (χ0n) is 33.6. The fourth-order valence-electron chi connectivity index (χ4n) is 6.44. The third-order valence-corrected chi connectivity index (χ3v) is 9.61. The Labute approximate surface area is 338 Å². The van der Waals surface area contributed by atoms with Crippen molar-refractivity contribution in [3.8, 4) is 22.6 Å². The number of benzene rings is 2. The summed E-state index contributed by atoms with van der Waals surface area (Å²) in [5.74, 6) is -0.610. The highest BCUT2D eigenvalue weighted by Gasteiger charge is 2.32. The van der Waals surface area contributed by atoms with Gasteiger partial charge in [0.25, 0.3) is 17.7 Å². The molecular weight excluding hydrogens is 745 g/mol. The Bertz CT molecular complexity index is 2090. The molecule has 1 aromatic heterocycles. The van der Waals surface area contributed by atoms with Crippen LogP contribution in [-0.4, -0.2) is 103 Å². The summed E-state index contributed by atoms with van der Waals surface area (Å²) >= 11 is 0. The van der Waals surface area contributed by atoms with E-state index in [4.69, 9.17) is 19.9 Å². The van der Waals surface area contributed by atoms with E-state index < -0.39 is 17.9 Å². The average molecular weight is 797 g/mol. The van der Waals surface area contributed by atoms with Crippen LogP contribution in [0.4, 0.5) is 11.4 Å². The predicted octanol–water partition coefficient (Wildman–Crippen LogP) is 4.25. The number of aliphatic imine (C=N–C) groups is 1. The molecule has 1 fully saturated rings. The first-order valence-electron chi connectivity index (χ1n) is 19.1. The number of fused-ring (bicyclic) bond motifs is 2. The summed E-state index contributed by atoms with van der Waals surface area (Å²) < 4.78 is 18.2. The van der Waals surface area contributed by atoms with Crippen molar-refractivity contribution in [2.75, 3.05) is 45.8 Å². The van der Waals surface area contributed by atoms with Crippen LogP contribution in [-0.2, 0) is 26.2 Å². The first-order chi connectivity index (χ1) is 27.7. The number of aromatic nitrogens is 1. The highest BCUT2D eigenvalue weighted by molar-refractivity contribution is 6.04. The largest absolute Gasteiger partial charge is 0.493 e. The van der Waals surface area contributed by atoms with Gasteiger partial charge in [-0.25, -0.2) is 0 Å². The minimum atomic E-state index is -0.692. The number of nitrogens with two attached hydrogens (primary N) is 1. The Morgan fingerprint density at radius 3 is 2.57 bits per heavy atom. The van der Waals surface area contributed by atoms with Gasteiger partial charge >= 0.3 is 5.97 Å². The molecule has 58 heavy (non-hydrogen) atoms. The third kappa shape index (κ3) is 10.9. The molecule has 3 aromatic rings. The predicted molar refractivity (Wildman–Crippen MR) is 220 cm³/mol. The van der Waals surface area contributed by atoms with Gasteiger partial charge in [-0.1, -0.05) is 18.7 Å². The summed E-state index contributed by atoms with van der Waals surface area (Å²) in [4.78, 5) is 71.0. The topological polar surface area (TPSA) is 199 Å². The molecule has 2 aromatic carbocycles. The van der Waals surface area contributed by atoms with E-state index in [0.717, 1.165) is 24.0 Å². The van der Waals surface area contributed by atoms with Crippen molar-refractivity contribution < 1.29 is 38.2 Å². The number of nitrogens with zero attached hydrogens (tertiary/aromatic N) is 4. The van der Waals surface area contributed by atoms with Crippen LogP contribution in [0, 0.1) is 0 Å². The van der Waals surface area contributed by atoms with E-state index in [-0.39, 0.29) is 49.1 Å². The fraction of sp³-hybridized carbons (Fsp3) is 0.381. The first kappa shape index (κ1) is 42.7. The van der Waals surface area contributed by atoms with Crippen molar-refractivity contribution in [2.24, 2.45) is 17.8 Å². The number of carbonyl (C=O) groups is 5. The van der Waals surface area contributed by atoms with E-state index in [9.17, 15) is 24.0 Å². The molecule has 2 aliphatic rings. The summed E-state index contributed by atoms with van der Waals surface area (Å²) in [5, 5.41) is 8.48. The number of hydrogen-bond acceptors (Lipinski definition) is 11. The molecule has 1 saturated heterocycles. The number of nitrogens with one attached hydrogen (secondary N) is 3. The highest BCUT2D eigenvalue weighted by atomic mass is 16.5. The number of aryl methyl sites for hydroxylation is 1. The lowest BCUT2D eigenvalue weighted by Gasteiger charge is -2.20. The van der Waals surface area contributed by atoms with Gasteiger partial charge in [0.05, 0.1) is 43.3 Å². The second-order valence-electron chi connectivity index (χ2n) is 14.2. The fourth-order valence-corrected chi connectivity index (χ4v) is 6.44. The maximum absolute atomic E-state index is 13.1. The van der Waals surface area contributed by atoms with Gasteiger partial charge in [0.15, 0.2) is 11.5 Å². The van der Waals surface area contributed by atoms with E-state index in [1.54, 1.807) is 69.0 Å². The number of esters is 1. The number of anilines is 1. The minimum absolute atomic E-state index is 0.00229. The van der Waals surface area contributed by atoms with Crippen molar-refractivity contribution in [1.82, 2.24) is 25.0 Å². The third-order valence-electron chi connectivity index (χ3n) is 9.61. The van der Waals surface area contributed by atoms with Gasteiger partial charge in [0.2, 0.25) is 5.91 Å². The lowest BCUT2D eigenvalue weighted by Crippen LogP contribution is -2.35. The van der Waals surface area contributed by atoms with Gasteiger partial charge in [-0.05, 0) is 69.4 Å². The second kappa shape index (κ2) is 19.6. The van der Waals surface area contributed by atoms with Crippen LogP contribution in [0.5, 0.6) is 11.5 Å². The number of methoxy groups -OCH3 is 1. The van der Waals surface area contributed by atoms with Gasteiger partial charge in [0.1, 0.15) is 11.7 Å². The molecule has 5 rings (SSSR count). The van der Waals surface area contributed by atoms with E-state index >= 15 is 0 Å². The second-order valence-corrected chi connectivity index (χ2v) is 14.2. The van der Waals surface area contributed by atoms with Gasteiger partial charge in [0, 0.05) is 75.2 Å². The van der Waals surface area contributed by atoms with Gasteiger partial charge in [-0.2, -0.15) is 0 Å². The summed E-state index contributed by atoms with van der Waals surface area (Å²) in [5.41, 5.74) is 9.81. The van der Waals surface area contributed by atoms with E-state index in [2.05, 4.69) is 27.5 Å². The molecule has 3 heterocycles. The number of carbonyl (C=O) groups excluding carboxylic acids is 5. The van der Waals surface area contributed by atoms with Crippen molar-refractivity contribution in [1.29, 1.82) is 0 Å². The van der Waals surface area contributed by atoms with Crippen molar-refractivity contribution in [3.05, 3.63) is 84.1 Å². The Balaban J connectivity index is 1.04. The molecule has 16 heteroatoms. The normalized spacial score (nSPS) is 15.1. The average Bonchev–Trinajstić information content (AvgIpc) is 3.81. The smallest absolute Gasteiger partial charge is 0.322 e. The number of likely N-dealkylation sites (N-methyl/N-ethyl adjacent to an activating group) is 1. The molecule has 0 spiro atoms. The molecule has 1 unspecified atom stereocenters. The first-order valence-corrected chi connectivity index (χ1v) is 19.1. The summed E-state index contributed by atoms with van der Waals surface area (Å²) in [7, 11) is 4.94. The molecule has 0 saturated carbocycles. The van der Waals surface area contributed by atoms with Crippen molar-refractivity contribution in [3.63, 3.8) is 0 Å². The molecule has 2 atom stereocenters. The standard InChI is InChI=1S/C42H52N8O8/c1-26(46-38(51)11-8-18-57-37-22-34-33(21-36(37)56-6)41(54)50-17-7-10-32(50)23-45-34)24-48(4)28(3)39(52)47-31-14-12-29(13-15-31)30-20-35(49(5)25-30)40(53)44-16-9-19-58-42(55)27(2)43/h12-15,20-25,27,32H,3,7-11,16-19,43H2,1-2,4-6H3,(H,44,53)(H,46,51)(H,47,52)/b26-24+/t27-,32?/m0/s1. The Hall–Kier alpha value is -6.42. The Kier molecular flexibility index (Phi) is 14.5. The number of hydrogen-bond donors (Lipinski definition) is 4. The van der Waals surface area contributed by atoms with Crippen LogP contribution >= 0.6 is 0 Å². The zero-order chi connectivity index (χ0) is 41.9. The molecule has 4 amide bonds. The molecule has 308 valence electrons. The zero-order valence-corrected chi connectivity index (χ0v) is 33.6. The molecule has 2 aliphatic heterocycles. The molecule has 0 radical (unpaired) electrons. The Morgan fingerprint density at radius 2 is 1.84 bits per heavy atom. The molecule has 0 bridgehead atoms. The maximum atomic E-state index is 13.1. The molecular formula is C42H52N8O8. The summed E-state index contributed by atoms with van der Waals surface area (Å²) in [6, 6.07) is 11.6. The van der Waals surface area contributed by atoms with E-state index in [1.165, 1.54) is 12.0 Å². The lowest BCUT2D eigenvalue weighted by atomic mass is 10.1. The van der Waals surface area contributed by atoms with Crippen LogP contribution in [0.25, 0.3) is 11.1 Å². The molecule has 16 nitrogen and oxygen atoms in total. The maximum Gasteiger partial charge on any atom is 0.322 e. The van der Waals surface area contributed by atoms with Crippen LogP contribution in [0.2, 0.25) is 0 Å². The minimum Gasteiger partial charge on any atom is -0.493 e. The van der Waals surface area contributed by atoms with Gasteiger partial charge in [-0.15, -0.1) is 0 Å². The van der Waals surface area contributed by atoms with Crippen molar-refractivity contribution >= 4 is 47.2 Å². The van der Waals surface area contributed by atoms with Crippen LogP contribution in [0.3, 0.4) is 0 Å². The molecule has 5 N–H and O–H groups in total. The quantitative estimate of drug-likeness (QED) is 0.0820. The van der Waals surface area contributed by atoms with E-state index in [0.29, 0.717) is 65.8 Å². The monoisotopic (exact) mass is 796 g/mol. The van der Waals surface area contributed by atoms with Crippen LogP contribution < -0.4 is 31.2 Å². The number of allylic oxidation sites excluding steroid dienone is 1. The molecule has 0 aliphatic carbocycles. The number of amides is 4. The van der Waals surface area contributed by atoms with Crippen molar-refractivity contribution in [2.45, 2.75) is 58.0 Å². The van der Waals surface area contributed by atoms with Gasteiger partial charge in [-0.3, -0.25) is 29.0 Å². The van der Waals surface area contributed by atoms with Crippen LogP contribution in [0.1, 0.15) is 66.8 Å². The summed E-state index contributed by atoms with van der Waals surface area (Å²) in [6.07, 6.45) is 8.15. The number of ether oxygens (including phenoxy) is 3. The number of rotatable bonds is 18.